The van der Waals surface area contributed by atoms with Crippen LogP contribution in [0.2, 0.25) is 5.02 Å². The summed E-state index contributed by atoms with van der Waals surface area (Å²) in [7, 11) is 0. The first kappa shape index (κ1) is 8.47. The summed E-state index contributed by atoms with van der Waals surface area (Å²) in [4.78, 5) is 11.1. The van der Waals surface area contributed by atoms with Gasteiger partial charge in [-0.25, -0.2) is 9.97 Å². The van der Waals surface area contributed by atoms with Crippen molar-refractivity contribution >= 4 is 22.8 Å². The van der Waals surface area contributed by atoms with Gasteiger partial charge in [-0.1, -0.05) is 11.6 Å². The zero-order valence-corrected chi connectivity index (χ0v) is 7.76. The van der Waals surface area contributed by atoms with E-state index < -0.39 is 0 Å². The number of aryl methyl sites for hydroxylation is 1. The van der Waals surface area contributed by atoms with Gasteiger partial charge in [0.05, 0.1) is 16.2 Å². The van der Waals surface area contributed by atoms with E-state index in [0.717, 1.165) is 11.2 Å². The van der Waals surface area contributed by atoms with Crippen molar-refractivity contribution in [2.75, 3.05) is 0 Å². The SMILES string of the molecule is Cc1nc2nc(CO)[nH]c2cc1Cl. The molecule has 0 atom stereocenters. The van der Waals surface area contributed by atoms with Crippen LogP contribution in [-0.2, 0) is 6.61 Å². The molecular weight excluding hydrogens is 190 g/mol. The van der Waals surface area contributed by atoms with Crippen LogP contribution in [0.15, 0.2) is 6.07 Å². The minimum atomic E-state index is -0.118. The van der Waals surface area contributed by atoms with Gasteiger partial charge in [0.2, 0.25) is 0 Å². The monoisotopic (exact) mass is 197 g/mol. The van der Waals surface area contributed by atoms with Gasteiger partial charge in [-0.05, 0) is 13.0 Å². The van der Waals surface area contributed by atoms with Gasteiger partial charge < -0.3 is 10.1 Å². The standard InChI is InChI=1S/C8H8ClN3O/c1-4-5(9)2-6-8(10-4)12-7(3-13)11-6/h2,13H,3H2,1H3,(H,10,11,12). The topological polar surface area (TPSA) is 61.8 Å². The van der Waals surface area contributed by atoms with Gasteiger partial charge in [-0.3, -0.25) is 0 Å². The molecule has 2 heterocycles. The molecule has 0 amide bonds. The number of aromatic nitrogens is 3. The number of hydrogen-bond acceptors (Lipinski definition) is 3. The minimum Gasteiger partial charge on any atom is -0.388 e. The van der Waals surface area contributed by atoms with Crippen LogP contribution in [-0.4, -0.2) is 20.1 Å². The number of halogens is 1. The second kappa shape index (κ2) is 2.97. The number of imidazole rings is 1. The fourth-order valence-electron chi connectivity index (χ4n) is 1.13. The quantitative estimate of drug-likeness (QED) is 0.727. The van der Waals surface area contributed by atoms with E-state index in [4.69, 9.17) is 16.7 Å². The minimum absolute atomic E-state index is 0.118. The molecule has 0 saturated heterocycles. The first-order valence-corrected chi connectivity index (χ1v) is 4.21. The second-order valence-electron chi connectivity index (χ2n) is 2.77. The summed E-state index contributed by atoms with van der Waals surface area (Å²) in [6, 6.07) is 1.76. The van der Waals surface area contributed by atoms with Crippen LogP contribution in [0, 0.1) is 6.92 Å². The van der Waals surface area contributed by atoms with E-state index in [-0.39, 0.29) is 6.61 Å². The number of fused-ring (bicyclic) bond motifs is 1. The Morgan fingerprint density at radius 2 is 2.31 bits per heavy atom. The first-order chi connectivity index (χ1) is 6.20. The highest BCUT2D eigenvalue weighted by molar-refractivity contribution is 6.31. The molecule has 0 radical (unpaired) electrons. The van der Waals surface area contributed by atoms with E-state index in [1.54, 1.807) is 6.07 Å². The number of H-pyrrole nitrogens is 1. The van der Waals surface area contributed by atoms with Gasteiger partial charge in [0.25, 0.3) is 0 Å². The Labute approximate surface area is 79.6 Å². The molecule has 2 rings (SSSR count). The first-order valence-electron chi connectivity index (χ1n) is 3.83. The third kappa shape index (κ3) is 1.38. The second-order valence-corrected chi connectivity index (χ2v) is 3.18. The van der Waals surface area contributed by atoms with Crippen molar-refractivity contribution in [2.24, 2.45) is 0 Å². The average Bonchev–Trinajstić information content (AvgIpc) is 2.48. The number of pyridine rings is 1. The summed E-state index contributed by atoms with van der Waals surface area (Å²) in [6.07, 6.45) is 0. The predicted octanol–water partition coefficient (Wildman–Crippen LogP) is 1.41. The summed E-state index contributed by atoms with van der Waals surface area (Å²) in [6.45, 7) is 1.70. The van der Waals surface area contributed by atoms with Crippen molar-refractivity contribution in [1.82, 2.24) is 15.0 Å². The molecular formula is C8H8ClN3O. The maximum Gasteiger partial charge on any atom is 0.178 e. The molecule has 0 fully saturated rings. The van der Waals surface area contributed by atoms with Gasteiger partial charge >= 0.3 is 0 Å². The highest BCUT2D eigenvalue weighted by Gasteiger charge is 2.05. The van der Waals surface area contributed by atoms with Crippen LogP contribution in [0.1, 0.15) is 11.5 Å². The van der Waals surface area contributed by atoms with E-state index in [1.807, 2.05) is 6.92 Å². The molecule has 2 aromatic rings. The summed E-state index contributed by atoms with van der Waals surface area (Å²) in [5.74, 6) is 0.504. The highest BCUT2D eigenvalue weighted by atomic mass is 35.5. The van der Waals surface area contributed by atoms with Crippen molar-refractivity contribution < 1.29 is 5.11 Å². The lowest BCUT2D eigenvalue weighted by molar-refractivity contribution is 0.273. The van der Waals surface area contributed by atoms with Gasteiger partial charge in [-0.15, -0.1) is 0 Å². The molecule has 13 heavy (non-hydrogen) atoms. The Morgan fingerprint density at radius 3 is 3.00 bits per heavy atom. The Morgan fingerprint density at radius 1 is 1.54 bits per heavy atom. The van der Waals surface area contributed by atoms with E-state index in [9.17, 15) is 0 Å². The summed E-state index contributed by atoms with van der Waals surface area (Å²) in [5, 5.41) is 9.42. The van der Waals surface area contributed by atoms with Crippen molar-refractivity contribution in [1.29, 1.82) is 0 Å². The lowest BCUT2D eigenvalue weighted by atomic mass is 10.3. The molecule has 0 aliphatic heterocycles. The smallest absolute Gasteiger partial charge is 0.178 e. The van der Waals surface area contributed by atoms with Crippen molar-refractivity contribution in [3.63, 3.8) is 0 Å². The molecule has 5 heteroatoms. The number of nitrogens with one attached hydrogen (secondary N) is 1. The Bertz CT molecular complexity index is 413. The lowest BCUT2D eigenvalue weighted by Gasteiger charge is -1.94. The number of aromatic amines is 1. The van der Waals surface area contributed by atoms with E-state index in [1.165, 1.54) is 0 Å². The van der Waals surface area contributed by atoms with Crippen molar-refractivity contribution in [2.45, 2.75) is 13.5 Å². The largest absolute Gasteiger partial charge is 0.388 e. The number of aliphatic hydroxyl groups is 1. The Kier molecular flexibility index (Phi) is 1.94. The van der Waals surface area contributed by atoms with Gasteiger partial charge in [-0.2, -0.15) is 0 Å². The van der Waals surface area contributed by atoms with Gasteiger partial charge in [0.1, 0.15) is 12.4 Å². The van der Waals surface area contributed by atoms with Gasteiger partial charge in [0.15, 0.2) is 5.65 Å². The van der Waals surface area contributed by atoms with Crippen LogP contribution in [0.3, 0.4) is 0 Å². The van der Waals surface area contributed by atoms with Crippen molar-refractivity contribution in [3.05, 3.63) is 22.6 Å². The fraction of sp³-hybridized carbons (Fsp3) is 0.250. The summed E-state index contributed by atoms with van der Waals surface area (Å²) in [5.41, 5.74) is 2.08. The predicted molar refractivity (Wildman–Crippen MR) is 49.6 cm³/mol. The molecule has 0 unspecified atom stereocenters. The normalized spacial score (nSPS) is 11.0. The number of hydrogen-bond donors (Lipinski definition) is 2. The molecule has 0 aliphatic rings. The highest BCUT2D eigenvalue weighted by Crippen LogP contribution is 2.18. The van der Waals surface area contributed by atoms with Crippen LogP contribution in [0.25, 0.3) is 11.2 Å². The Hall–Kier alpha value is -1.13. The number of rotatable bonds is 1. The van der Waals surface area contributed by atoms with E-state index in [2.05, 4.69) is 15.0 Å². The van der Waals surface area contributed by atoms with Gasteiger partial charge in [0, 0.05) is 0 Å². The maximum atomic E-state index is 8.82. The zero-order chi connectivity index (χ0) is 9.42. The molecule has 68 valence electrons. The number of nitrogens with zero attached hydrogens (tertiary/aromatic N) is 2. The molecule has 2 aromatic heterocycles. The molecule has 0 spiro atoms. The van der Waals surface area contributed by atoms with Crippen LogP contribution in [0.4, 0.5) is 0 Å². The average molecular weight is 198 g/mol. The van der Waals surface area contributed by atoms with Crippen LogP contribution in [0.5, 0.6) is 0 Å². The molecule has 2 N–H and O–H groups in total. The molecule has 0 aromatic carbocycles. The molecule has 4 nitrogen and oxygen atoms in total. The summed E-state index contributed by atoms with van der Waals surface area (Å²) < 4.78 is 0. The molecule has 0 saturated carbocycles. The molecule has 0 bridgehead atoms. The molecule has 0 aliphatic carbocycles. The van der Waals surface area contributed by atoms with Crippen LogP contribution >= 0.6 is 11.6 Å². The van der Waals surface area contributed by atoms with E-state index in [0.29, 0.717) is 16.5 Å². The summed E-state index contributed by atoms with van der Waals surface area (Å²) >= 11 is 5.87. The van der Waals surface area contributed by atoms with E-state index >= 15 is 0 Å². The zero-order valence-electron chi connectivity index (χ0n) is 7.00. The Balaban J connectivity index is 2.70. The van der Waals surface area contributed by atoms with Crippen molar-refractivity contribution in [3.8, 4) is 0 Å². The lowest BCUT2D eigenvalue weighted by Crippen LogP contribution is -1.84. The maximum absolute atomic E-state index is 8.82. The third-order valence-corrected chi connectivity index (χ3v) is 2.18. The van der Waals surface area contributed by atoms with Crippen LogP contribution < -0.4 is 0 Å². The number of aliphatic hydroxyl groups excluding tert-OH is 1. The third-order valence-electron chi connectivity index (χ3n) is 1.80. The fourth-order valence-corrected chi connectivity index (χ4v) is 1.28.